The quantitative estimate of drug-likeness (QED) is 0.673. The number of hydrogen-bond acceptors (Lipinski definition) is 3. The number of benzene rings is 1. The number of carbonyl (C=O) groups is 2. The number of hydrogen-bond donors (Lipinski definition) is 1. The van der Waals surface area contributed by atoms with Gasteiger partial charge in [-0.15, -0.1) is 0 Å². The number of carboxylic acids is 1. The van der Waals surface area contributed by atoms with E-state index in [9.17, 15) is 9.59 Å². The highest BCUT2D eigenvalue weighted by molar-refractivity contribution is 9.09. The highest BCUT2D eigenvalue weighted by Gasteiger charge is 2.13. The van der Waals surface area contributed by atoms with Crippen LogP contribution in [-0.4, -0.2) is 29.3 Å². The Kier molecular flexibility index (Phi) is 3.85. The summed E-state index contributed by atoms with van der Waals surface area (Å²) in [6, 6.07) is 4.16. The van der Waals surface area contributed by atoms with Crippen molar-refractivity contribution in [2.24, 2.45) is 0 Å². The minimum Gasteiger partial charge on any atom is -0.496 e. The van der Waals surface area contributed by atoms with Gasteiger partial charge in [0.2, 0.25) is 0 Å². The van der Waals surface area contributed by atoms with E-state index < -0.39 is 5.97 Å². The van der Waals surface area contributed by atoms with Crippen LogP contribution in [0, 0.1) is 0 Å². The van der Waals surface area contributed by atoms with Crippen LogP contribution >= 0.6 is 15.9 Å². The first kappa shape index (κ1) is 11.7. The van der Waals surface area contributed by atoms with Gasteiger partial charge in [0.1, 0.15) is 5.75 Å². The van der Waals surface area contributed by atoms with Crippen LogP contribution in [0.2, 0.25) is 0 Å². The maximum atomic E-state index is 11.4. The van der Waals surface area contributed by atoms with Gasteiger partial charge in [0.05, 0.1) is 23.6 Å². The van der Waals surface area contributed by atoms with Crippen molar-refractivity contribution in [1.29, 1.82) is 0 Å². The van der Waals surface area contributed by atoms with Crippen molar-refractivity contribution in [2.75, 3.05) is 12.4 Å². The van der Waals surface area contributed by atoms with Crippen LogP contribution in [0.4, 0.5) is 0 Å². The Morgan fingerprint density at radius 2 is 2.13 bits per heavy atom. The fraction of sp³-hybridized carbons (Fsp3) is 0.200. The average Bonchev–Trinajstić information content (AvgIpc) is 2.27. The highest BCUT2D eigenvalue weighted by Crippen LogP contribution is 2.21. The number of carbonyl (C=O) groups excluding carboxylic acids is 1. The number of ketones is 1. The number of ether oxygens (including phenoxy) is 1. The molecule has 0 aliphatic carbocycles. The van der Waals surface area contributed by atoms with Crippen LogP contribution in [0.5, 0.6) is 5.75 Å². The van der Waals surface area contributed by atoms with Crippen molar-refractivity contribution >= 4 is 27.7 Å². The minimum atomic E-state index is -1.05. The topological polar surface area (TPSA) is 63.6 Å². The lowest BCUT2D eigenvalue weighted by molar-refractivity contribution is 0.0696. The molecule has 0 amide bonds. The minimum absolute atomic E-state index is 0.0953. The first-order chi connectivity index (χ1) is 7.10. The molecule has 0 saturated heterocycles. The van der Waals surface area contributed by atoms with Gasteiger partial charge in [-0.25, -0.2) is 4.79 Å². The molecule has 0 aromatic heterocycles. The molecular weight excluding hydrogens is 264 g/mol. The van der Waals surface area contributed by atoms with Crippen LogP contribution in [0.1, 0.15) is 20.7 Å². The predicted octanol–water partition coefficient (Wildman–Crippen LogP) is 1.97. The number of rotatable bonds is 4. The van der Waals surface area contributed by atoms with Crippen LogP contribution in [0.3, 0.4) is 0 Å². The van der Waals surface area contributed by atoms with Gasteiger partial charge < -0.3 is 9.84 Å². The lowest BCUT2D eigenvalue weighted by Crippen LogP contribution is -2.05. The molecule has 1 aromatic rings. The van der Waals surface area contributed by atoms with Gasteiger partial charge in [0.25, 0.3) is 0 Å². The lowest BCUT2D eigenvalue weighted by atomic mass is 10.1. The number of carboxylic acid groups (broad SMARTS) is 1. The van der Waals surface area contributed by atoms with Gasteiger partial charge >= 0.3 is 5.97 Å². The summed E-state index contributed by atoms with van der Waals surface area (Å²) in [5.41, 5.74) is 0.470. The van der Waals surface area contributed by atoms with E-state index in [4.69, 9.17) is 9.84 Å². The van der Waals surface area contributed by atoms with Crippen molar-refractivity contribution in [3.63, 3.8) is 0 Å². The summed E-state index contributed by atoms with van der Waals surface area (Å²) in [6.07, 6.45) is 0. The molecule has 1 N–H and O–H groups in total. The zero-order valence-electron chi connectivity index (χ0n) is 7.99. The van der Waals surface area contributed by atoms with Gasteiger partial charge in [0.15, 0.2) is 5.78 Å². The van der Waals surface area contributed by atoms with Crippen molar-refractivity contribution in [2.45, 2.75) is 0 Å². The largest absolute Gasteiger partial charge is 0.496 e. The van der Waals surface area contributed by atoms with Crippen molar-refractivity contribution in [3.05, 3.63) is 29.3 Å². The van der Waals surface area contributed by atoms with E-state index in [0.717, 1.165) is 0 Å². The second kappa shape index (κ2) is 4.93. The third-order valence-corrected chi connectivity index (χ3v) is 2.38. The molecule has 0 aliphatic rings. The highest BCUT2D eigenvalue weighted by atomic mass is 79.9. The summed E-state index contributed by atoms with van der Waals surface area (Å²) >= 11 is 3.04. The number of alkyl halides is 1. The molecule has 0 saturated carbocycles. The third-order valence-electron chi connectivity index (χ3n) is 1.87. The molecule has 5 heteroatoms. The van der Waals surface area contributed by atoms with Crippen LogP contribution in [0.25, 0.3) is 0 Å². The molecule has 0 radical (unpaired) electrons. The first-order valence-electron chi connectivity index (χ1n) is 4.10. The summed E-state index contributed by atoms with van der Waals surface area (Å²) in [7, 11) is 1.39. The molecule has 15 heavy (non-hydrogen) atoms. The number of aromatic carboxylic acids is 1. The molecule has 1 aromatic carbocycles. The van der Waals surface area contributed by atoms with Gasteiger partial charge in [-0.1, -0.05) is 15.9 Å². The Balaban J connectivity index is 3.20. The standard InChI is InChI=1S/C10H9BrO4/c1-15-9-4-6(10(13)14)2-3-7(9)8(12)5-11/h2-4H,5H2,1H3,(H,13,14). The average molecular weight is 273 g/mol. The van der Waals surface area contributed by atoms with Gasteiger partial charge in [-0.2, -0.15) is 0 Å². The van der Waals surface area contributed by atoms with Crippen molar-refractivity contribution in [3.8, 4) is 5.75 Å². The molecule has 0 aliphatic heterocycles. The Bertz CT molecular complexity index is 400. The molecule has 4 nitrogen and oxygen atoms in total. The fourth-order valence-corrected chi connectivity index (χ4v) is 1.43. The van der Waals surface area contributed by atoms with Gasteiger partial charge in [-0.3, -0.25) is 4.79 Å². The van der Waals surface area contributed by atoms with E-state index in [1.165, 1.54) is 25.3 Å². The normalized spacial score (nSPS) is 9.73. The second-order valence-electron chi connectivity index (χ2n) is 2.78. The van der Waals surface area contributed by atoms with E-state index in [1.54, 1.807) is 0 Å². The van der Waals surface area contributed by atoms with Crippen molar-refractivity contribution < 1.29 is 19.4 Å². The maximum absolute atomic E-state index is 11.4. The molecule has 0 bridgehead atoms. The lowest BCUT2D eigenvalue weighted by Gasteiger charge is -2.06. The molecular formula is C10H9BrO4. The maximum Gasteiger partial charge on any atom is 0.335 e. The second-order valence-corrected chi connectivity index (χ2v) is 3.34. The van der Waals surface area contributed by atoms with E-state index in [-0.39, 0.29) is 22.4 Å². The Labute approximate surface area is 95.0 Å². The number of methoxy groups -OCH3 is 1. The van der Waals surface area contributed by atoms with E-state index >= 15 is 0 Å². The zero-order chi connectivity index (χ0) is 11.4. The summed E-state index contributed by atoms with van der Waals surface area (Å²) in [6.45, 7) is 0. The van der Waals surface area contributed by atoms with E-state index in [0.29, 0.717) is 5.56 Å². The SMILES string of the molecule is COc1cc(C(=O)O)ccc1C(=O)CBr. The summed E-state index contributed by atoms with van der Waals surface area (Å²) in [5, 5.41) is 8.92. The van der Waals surface area contributed by atoms with Crippen molar-refractivity contribution in [1.82, 2.24) is 0 Å². The summed E-state index contributed by atoms with van der Waals surface area (Å²) < 4.78 is 4.95. The molecule has 0 atom stereocenters. The Morgan fingerprint density at radius 1 is 1.47 bits per heavy atom. The summed E-state index contributed by atoms with van der Waals surface area (Å²) in [5.74, 6) is -0.922. The smallest absolute Gasteiger partial charge is 0.335 e. The summed E-state index contributed by atoms with van der Waals surface area (Å²) in [4.78, 5) is 22.1. The number of halogens is 1. The fourth-order valence-electron chi connectivity index (χ4n) is 1.13. The Hall–Kier alpha value is -1.36. The van der Waals surface area contributed by atoms with Gasteiger partial charge in [-0.05, 0) is 18.2 Å². The predicted molar refractivity (Wildman–Crippen MR) is 58.1 cm³/mol. The van der Waals surface area contributed by atoms with Gasteiger partial charge in [0, 0.05) is 0 Å². The van der Waals surface area contributed by atoms with Crippen LogP contribution < -0.4 is 4.74 Å². The molecule has 0 fully saturated rings. The molecule has 0 spiro atoms. The van der Waals surface area contributed by atoms with E-state index in [1.807, 2.05) is 0 Å². The molecule has 0 heterocycles. The first-order valence-corrected chi connectivity index (χ1v) is 5.22. The number of Topliss-reactive ketones (excluding diaryl/α,β-unsaturated/α-hetero) is 1. The molecule has 80 valence electrons. The monoisotopic (exact) mass is 272 g/mol. The zero-order valence-corrected chi connectivity index (χ0v) is 9.58. The molecule has 0 unspecified atom stereocenters. The third kappa shape index (κ3) is 2.56. The molecule has 1 rings (SSSR count). The van der Waals surface area contributed by atoms with Crippen LogP contribution in [0.15, 0.2) is 18.2 Å². The van der Waals surface area contributed by atoms with Crippen LogP contribution in [-0.2, 0) is 0 Å². The Morgan fingerprint density at radius 3 is 2.60 bits per heavy atom. The van der Waals surface area contributed by atoms with E-state index in [2.05, 4.69) is 15.9 Å².